The molecule has 28 heavy (non-hydrogen) atoms. The van der Waals surface area contributed by atoms with Gasteiger partial charge in [-0.25, -0.2) is 9.97 Å². The van der Waals surface area contributed by atoms with Crippen LogP contribution in [0.1, 0.15) is 5.56 Å². The normalized spacial score (nSPS) is 10.6. The fourth-order valence-electron chi connectivity index (χ4n) is 2.98. The standard InChI is InChI=1S/C21H17N5OS/c1-26(16-8-3-4-9-17(16)27-2)18-11-15-19(23)24-20(25-21(15)28-18)14-7-5-6-13(10-14)12-22/h3-11H,1-2H3,(H2,23,24,25). The van der Waals surface area contributed by atoms with Gasteiger partial charge in [0.25, 0.3) is 0 Å². The Morgan fingerprint density at radius 1 is 1.11 bits per heavy atom. The summed E-state index contributed by atoms with van der Waals surface area (Å²) in [4.78, 5) is 12.0. The Kier molecular flexibility index (Phi) is 4.55. The van der Waals surface area contributed by atoms with E-state index in [0.717, 1.165) is 32.2 Å². The maximum absolute atomic E-state index is 9.12. The quantitative estimate of drug-likeness (QED) is 0.551. The van der Waals surface area contributed by atoms with Crippen molar-refractivity contribution in [2.45, 2.75) is 0 Å². The van der Waals surface area contributed by atoms with Crippen LogP contribution in [0.25, 0.3) is 21.6 Å². The monoisotopic (exact) mass is 387 g/mol. The number of nitrogens with zero attached hydrogens (tertiary/aromatic N) is 4. The summed E-state index contributed by atoms with van der Waals surface area (Å²) < 4.78 is 5.47. The van der Waals surface area contributed by atoms with E-state index in [1.165, 1.54) is 11.3 Å². The third-order valence-corrected chi connectivity index (χ3v) is 5.54. The summed E-state index contributed by atoms with van der Waals surface area (Å²) in [6.45, 7) is 0. The Morgan fingerprint density at radius 2 is 1.93 bits per heavy atom. The number of hydrogen-bond acceptors (Lipinski definition) is 7. The van der Waals surface area contributed by atoms with Gasteiger partial charge in [0.05, 0.1) is 34.8 Å². The molecule has 0 radical (unpaired) electrons. The number of thiophene rings is 1. The molecule has 0 saturated carbocycles. The van der Waals surface area contributed by atoms with Gasteiger partial charge < -0.3 is 15.4 Å². The zero-order valence-corrected chi connectivity index (χ0v) is 16.2. The number of fused-ring (bicyclic) bond motifs is 1. The maximum atomic E-state index is 9.12. The fraction of sp³-hybridized carbons (Fsp3) is 0.0952. The summed E-state index contributed by atoms with van der Waals surface area (Å²) in [6, 6.07) is 19.1. The highest BCUT2D eigenvalue weighted by molar-refractivity contribution is 7.22. The Balaban J connectivity index is 1.79. The molecule has 2 aromatic heterocycles. The minimum absolute atomic E-state index is 0.415. The van der Waals surface area contributed by atoms with E-state index in [1.54, 1.807) is 19.2 Å². The SMILES string of the molecule is COc1ccccc1N(C)c1cc2c(N)nc(-c3cccc(C#N)c3)nc2s1. The highest BCUT2D eigenvalue weighted by Gasteiger charge is 2.16. The Morgan fingerprint density at radius 3 is 2.71 bits per heavy atom. The number of hydrogen-bond donors (Lipinski definition) is 1. The van der Waals surface area contributed by atoms with E-state index in [4.69, 9.17) is 15.7 Å². The van der Waals surface area contributed by atoms with Crippen molar-refractivity contribution >= 4 is 38.1 Å². The average molecular weight is 387 g/mol. The van der Waals surface area contributed by atoms with Crippen LogP contribution in [0.15, 0.2) is 54.6 Å². The molecule has 0 aliphatic rings. The molecule has 0 bridgehead atoms. The van der Waals surface area contributed by atoms with Crippen molar-refractivity contribution in [2.24, 2.45) is 0 Å². The maximum Gasteiger partial charge on any atom is 0.163 e. The molecule has 7 heteroatoms. The number of nitrogen functional groups attached to an aromatic ring is 1. The summed E-state index contributed by atoms with van der Waals surface area (Å²) in [5.41, 5.74) is 8.49. The topological polar surface area (TPSA) is 88.1 Å². The third kappa shape index (κ3) is 3.10. The summed E-state index contributed by atoms with van der Waals surface area (Å²) in [6.07, 6.45) is 0. The van der Waals surface area contributed by atoms with Crippen LogP contribution in [0.4, 0.5) is 16.5 Å². The predicted molar refractivity (Wildman–Crippen MR) is 113 cm³/mol. The van der Waals surface area contributed by atoms with Gasteiger partial charge in [-0.1, -0.05) is 35.6 Å². The van der Waals surface area contributed by atoms with Crippen molar-refractivity contribution in [3.8, 4) is 23.2 Å². The summed E-state index contributed by atoms with van der Waals surface area (Å²) >= 11 is 1.53. The molecule has 0 aliphatic heterocycles. The number of nitriles is 1. The molecule has 6 nitrogen and oxygen atoms in total. The van der Waals surface area contributed by atoms with Gasteiger partial charge in [0.1, 0.15) is 16.4 Å². The highest BCUT2D eigenvalue weighted by Crippen LogP contribution is 2.40. The number of nitrogens with two attached hydrogens (primary N) is 1. The first kappa shape index (κ1) is 17.8. The first-order valence-corrected chi connectivity index (χ1v) is 9.36. The van der Waals surface area contributed by atoms with E-state index in [1.807, 2.05) is 54.4 Å². The second-order valence-corrected chi connectivity index (χ2v) is 7.17. The molecule has 2 heterocycles. The predicted octanol–water partition coefficient (Wildman–Crippen LogP) is 4.59. The van der Waals surface area contributed by atoms with E-state index in [9.17, 15) is 0 Å². The molecule has 0 fully saturated rings. The summed E-state index contributed by atoms with van der Waals surface area (Å²) in [5, 5.41) is 10.9. The van der Waals surface area contributed by atoms with Crippen LogP contribution in [-0.4, -0.2) is 24.1 Å². The minimum Gasteiger partial charge on any atom is -0.495 e. The third-order valence-electron chi connectivity index (χ3n) is 4.44. The van der Waals surface area contributed by atoms with Gasteiger partial charge >= 0.3 is 0 Å². The lowest BCUT2D eigenvalue weighted by Crippen LogP contribution is -2.08. The summed E-state index contributed by atoms with van der Waals surface area (Å²) in [7, 11) is 3.63. The van der Waals surface area contributed by atoms with Gasteiger partial charge in [0.2, 0.25) is 0 Å². The van der Waals surface area contributed by atoms with E-state index in [2.05, 4.69) is 16.0 Å². The molecule has 0 spiro atoms. The lowest BCUT2D eigenvalue weighted by molar-refractivity contribution is 0.415. The van der Waals surface area contributed by atoms with E-state index in [0.29, 0.717) is 17.2 Å². The van der Waals surface area contributed by atoms with E-state index >= 15 is 0 Å². The lowest BCUT2D eigenvalue weighted by atomic mass is 10.1. The molecular formula is C21H17N5OS. The van der Waals surface area contributed by atoms with Crippen molar-refractivity contribution in [3.05, 3.63) is 60.2 Å². The molecule has 4 rings (SSSR count). The van der Waals surface area contributed by atoms with Crippen LogP contribution >= 0.6 is 11.3 Å². The lowest BCUT2D eigenvalue weighted by Gasteiger charge is -2.19. The van der Waals surface area contributed by atoms with Gasteiger partial charge in [-0.05, 0) is 30.3 Å². The molecule has 138 valence electrons. The van der Waals surface area contributed by atoms with Crippen LogP contribution in [0, 0.1) is 11.3 Å². The number of rotatable bonds is 4. The molecule has 0 saturated heterocycles. The molecule has 2 N–H and O–H groups in total. The first-order chi connectivity index (χ1) is 13.6. The summed E-state index contributed by atoms with van der Waals surface area (Å²) in [5.74, 6) is 1.71. The second-order valence-electron chi connectivity index (χ2n) is 6.16. The van der Waals surface area contributed by atoms with Crippen molar-refractivity contribution in [3.63, 3.8) is 0 Å². The van der Waals surface area contributed by atoms with Crippen molar-refractivity contribution in [2.75, 3.05) is 24.8 Å². The molecule has 2 aromatic carbocycles. The Hall–Kier alpha value is -3.63. The number of aromatic nitrogens is 2. The van der Waals surface area contributed by atoms with Crippen molar-refractivity contribution in [1.29, 1.82) is 5.26 Å². The fourth-order valence-corrected chi connectivity index (χ4v) is 3.99. The van der Waals surface area contributed by atoms with E-state index < -0.39 is 0 Å². The van der Waals surface area contributed by atoms with Crippen molar-refractivity contribution < 1.29 is 4.74 Å². The van der Waals surface area contributed by atoms with Gasteiger partial charge in [-0.15, -0.1) is 0 Å². The van der Waals surface area contributed by atoms with Crippen LogP contribution in [0.2, 0.25) is 0 Å². The molecule has 0 aliphatic carbocycles. The number of methoxy groups -OCH3 is 1. The largest absolute Gasteiger partial charge is 0.495 e. The van der Waals surface area contributed by atoms with Crippen LogP contribution < -0.4 is 15.4 Å². The average Bonchev–Trinajstić information content (AvgIpc) is 3.18. The highest BCUT2D eigenvalue weighted by atomic mass is 32.1. The second kappa shape index (κ2) is 7.18. The Labute approximate surface area is 166 Å². The van der Waals surface area contributed by atoms with Crippen LogP contribution in [0.5, 0.6) is 5.75 Å². The molecule has 0 unspecified atom stereocenters. The zero-order chi connectivity index (χ0) is 19.7. The number of ether oxygens (including phenoxy) is 1. The zero-order valence-electron chi connectivity index (χ0n) is 15.4. The molecule has 4 aromatic rings. The minimum atomic E-state index is 0.415. The number of para-hydroxylation sites is 2. The smallest absolute Gasteiger partial charge is 0.163 e. The first-order valence-electron chi connectivity index (χ1n) is 8.55. The molecule has 0 atom stereocenters. The molecular weight excluding hydrogens is 370 g/mol. The van der Waals surface area contributed by atoms with Gasteiger partial charge in [0, 0.05) is 12.6 Å². The van der Waals surface area contributed by atoms with Crippen LogP contribution in [0.3, 0.4) is 0 Å². The van der Waals surface area contributed by atoms with Gasteiger partial charge in [-0.3, -0.25) is 0 Å². The van der Waals surface area contributed by atoms with Crippen molar-refractivity contribution in [1.82, 2.24) is 9.97 Å². The van der Waals surface area contributed by atoms with Crippen LogP contribution in [-0.2, 0) is 0 Å². The van der Waals surface area contributed by atoms with Gasteiger partial charge in [0.15, 0.2) is 5.82 Å². The Bertz CT molecular complexity index is 1210. The molecule has 0 amide bonds. The number of benzene rings is 2. The van der Waals surface area contributed by atoms with E-state index in [-0.39, 0.29) is 0 Å². The number of anilines is 3. The van der Waals surface area contributed by atoms with Gasteiger partial charge in [-0.2, -0.15) is 5.26 Å².